The highest BCUT2D eigenvalue weighted by Crippen LogP contribution is 2.34. The minimum absolute atomic E-state index is 0.00741. The van der Waals surface area contributed by atoms with E-state index in [0.717, 1.165) is 17.5 Å². The van der Waals surface area contributed by atoms with E-state index in [9.17, 15) is 9.59 Å². The summed E-state index contributed by atoms with van der Waals surface area (Å²) < 4.78 is 11.3. The van der Waals surface area contributed by atoms with Crippen molar-refractivity contribution in [3.63, 3.8) is 0 Å². The number of hydrogen-bond acceptors (Lipinski definition) is 5. The molecular weight excluding hydrogens is 496 g/mol. The van der Waals surface area contributed by atoms with Gasteiger partial charge in [0.2, 0.25) is 5.91 Å². The van der Waals surface area contributed by atoms with Gasteiger partial charge in [0, 0.05) is 42.3 Å². The first-order chi connectivity index (χ1) is 17.5. The van der Waals surface area contributed by atoms with Crippen LogP contribution in [0.15, 0.2) is 60.0 Å². The van der Waals surface area contributed by atoms with E-state index in [-0.39, 0.29) is 24.4 Å². The van der Waals surface area contributed by atoms with E-state index in [4.69, 9.17) is 21.1 Å². The molecule has 1 aliphatic rings. The van der Waals surface area contributed by atoms with E-state index in [1.807, 2.05) is 48.2 Å². The standard InChI is InChI=1S/C28H31ClN2O4S/c1-20-17-22(9-10-24(20)29)35-19-25-23-12-16-36-26(23)11-14-31(25)27(32)18-30(13-6-15-34-2)28(33)21-7-4-3-5-8-21/h3-5,7-10,12,16-17,25H,6,11,13-15,18-19H2,1-2H3. The molecule has 8 heteroatoms. The zero-order chi connectivity index (χ0) is 25.5. The lowest BCUT2D eigenvalue weighted by molar-refractivity contribution is -0.135. The van der Waals surface area contributed by atoms with Crippen LogP contribution in [0.3, 0.4) is 0 Å². The average molecular weight is 527 g/mol. The molecule has 1 unspecified atom stereocenters. The number of carbonyl (C=O) groups is 2. The molecule has 190 valence electrons. The molecular formula is C28H31ClN2O4S. The first-order valence-corrected chi connectivity index (χ1v) is 13.3. The molecule has 2 aromatic carbocycles. The van der Waals surface area contributed by atoms with Crippen LogP contribution in [0, 0.1) is 6.92 Å². The summed E-state index contributed by atoms with van der Waals surface area (Å²) in [4.78, 5) is 31.7. The lowest BCUT2D eigenvalue weighted by Gasteiger charge is -2.37. The molecule has 0 radical (unpaired) electrons. The molecule has 0 spiro atoms. The SMILES string of the molecule is COCCCN(CC(=O)N1CCc2sccc2C1COc1ccc(Cl)c(C)c1)C(=O)c1ccccc1. The maximum absolute atomic E-state index is 13.7. The lowest BCUT2D eigenvalue weighted by atomic mass is 10.00. The van der Waals surface area contributed by atoms with Crippen LogP contribution in [0.2, 0.25) is 5.02 Å². The van der Waals surface area contributed by atoms with Gasteiger partial charge in [-0.2, -0.15) is 0 Å². The Kier molecular flexibility index (Phi) is 9.02. The quantitative estimate of drug-likeness (QED) is 0.332. The number of thiophene rings is 1. The Balaban J connectivity index is 1.52. The predicted octanol–water partition coefficient (Wildman–Crippen LogP) is 5.39. The Morgan fingerprint density at radius 2 is 1.97 bits per heavy atom. The molecule has 4 rings (SSSR count). The molecule has 0 bridgehead atoms. The Labute approximate surface area is 221 Å². The van der Waals surface area contributed by atoms with Crippen molar-refractivity contribution in [2.75, 3.05) is 40.0 Å². The first kappa shape index (κ1) is 26.2. The summed E-state index contributed by atoms with van der Waals surface area (Å²) in [6.07, 6.45) is 1.45. The van der Waals surface area contributed by atoms with Crippen molar-refractivity contribution in [1.29, 1.82) is 0 Å². The van der Waals surface area contributed by atoms with Crippen molar-refractivity contribution in [3.8, 4) is 5.75 Å². The number of ether oxygens (including phenoxy) is 2. The smallest absolute Gasteiger partial charge is 0.254 e. The molecule has 0 saturated heterocycles. The number of amides is 2. The fourth-order valence-corrected chi connectivity index (χ4v) is 5.47. The molecule has 1 atom stereocenters. The van der Waals surface area contributed by atoms with Crippen LogP contribution in [0.25, 0.3) is 0 Å². The number of nitrogens with zero attached hydrogens (tertiary/aromatic N) is 2. The van der Waals surface area contributed by atoms with Crippen LogP contribution in [0.4, 0.5) is 0 Å². The first-order valence-electron chi connectivity index (χ1n) is 12.1. The maximum atomic E-state index is 13.7. The van der Waals surface area contributed by atoms with E-state index in [2.05, 4.69) is 11.4 Å². The molecule has 0 fully saturated rings. The van der Waals surface area contributed by atoms with E-state index in [1.165, 1.54) is 4.88 Å². The van der Waals surface area contributed by atoms with Gasteiger partial charge in [-0.1, -0.05) is 29.8 Å². The van der Waals surface area contributed by atoms with Gasteiger partial charge >= 0.3 is 0 Å². The monoisotopic (exact) mass is 526 g/mol. The highest BCUT2D eigenvalue weighted by molar-refractivity contribution is 7.10. The Bertz CT molecular complexity index is 1180. The van der Waals surface area contributed by atoms with Crippen LogP contribution >= 0.6 is 22.9 Å². The van der Waals surface area contributed by atoms with Crippen molar-refractivity contribution >= 4 is 34.8 Å². The number of aryl methyl sites for hydroxylation is 1. The normalized spacial score (nSPS) is 14.9. The van der Waals surface area contributed by atoms with Crippen LogP contribution in [0.1, 0.15) is 38.8 Å². The van der Waals surface area contributed by atoms with Crippen molar-refractivity contribution in [2.45, 2.75) is 25.8 Å². The van der Waals surface area contributed by atoms with Gasteiger partial charge in [-0.15, -0.1) is 11.3 Å². The minimum atomic E-state index is -0.226. The zero-order valence-corrected chi connectivity index (χ0v) is 22.2. The van der Waals surface area contributed by atoms with Gasteiger partial charge in [-0.3, -0.25) is 9.59 Å². The minimum Gasteiger partial charge on any atom is -0.491 e. The van der Waals surface area contributed by atoms with Crippen LogP contribution in [-0.2, 0) is 16.0 Å². The third-order valence-corrected chi connectivity index (χ3v) is 7.78. The van der Waals surface area contributed by atoms with Gasteiger partial charge in [0.1, 0.15) is 18.9 Å². The number of hydrogen-bond donors (Lipinski definition) is 0. The number of rotatable bonds is 10. The van der Waals surface area contributed by atoms with E-state index in [0.29, 0.717) is 49.1 Å². The summed E-state index contributed by atoms with van der Waals surface area (Å²) in [5.41, 5.74) is 2.62. The molecule has 6 nitrogen and oxygen atoms in total. The Hall–Kier alpha value is -2.87. The highest BCUT2D eigenvalue weighted by Gasteiger charge is 2.33. The van der Waals surface area contributed by atoms with Gasteiger partial charge in [-0.25, -0.2) is 0 Å². The van der Waals surface area contributed by atoms with E-state index in [1.54, 1.807) is 35.5 Å². The Morgan fingerprint density at radius 1 is 1.17 bits per heavy atom. The fourth-order valence-electron chi connectivity index (χ4n) is 4.43. The van der Waals surface area contributed by atoms with E-state index < -0.39 is 0 Å². The van der Waals surface area contributed by atoms with Crippen molar-refractivity contribution in [2.24, 2.45) is 0 Å². The topological polar surface area (TPSA) is 59.1 Å². The van der Waals surface area contributed by atoms with Gasteiger partial charge in [0.05, 0.1) is 6.04 Å². The van der Waals surface area contributed by atoms with Gasteiger partial charge < -0.3 is 19.3 Å². The maximum Gasteiger partial charge on any atom is 0.254 e. The van der Waals surface area contributed by atoms with Gasteiger partial charge in [-0.05, 0) is 72.7 Å². The van der Waals surface area contributed by atoms with Crippen LogP contribution < -0.4 is 4.74 Å². The third-order valence-electron chi connectivity index (χ3n) is 6.36. The summed E-state index contributed by atoms with van der Waals surface area (Å²) in [7, 11) is 1.63. The summed E-state index contributed by atoms with van der Waals surface area (Å²) in [5.74, 6) is 0.472. The summed E-state index contributed by atoms with van der Waals surface area (Å²) in [6.45, 7) is 3.82. The number of methoxy groups -OCH3 is 1. The van der Waals surface area contributed by atoms with Gasteiger partial charge in [0.25, 0.3) is 5.91 Å². The van der Waals surface area contributed by atoms with Crippen LogP contribution in [0.5, 0.6) is 5.75 Å². The van der Waals surface area contributed by atoms with Crippen molar-refractivity contribution in [1.82, 2.24) is 9.80 Å². The molecule has 1 aliphatic heterocycles. The zero-order valence-electron chi connectivity index (χ0n) is 20.6. The van der Waals surface area contributed by atoms with Gasteiger partial charge in [0.15, 0.2) is 0 Å². The van der Waals surface area contributed by atoms with Crippen molar-refractivity contribution < 1.29 is 19.1 Å². The fraction of sp³-hybridized carbons (Fsp3) is 0.357. The molecule has 0 aliphatic carbocycles. The second-order valence-electron chi connectivity index (χ2n) is 8.81. The highest BCUT2D eigenvalue weighted by atomic mass is 35.5. The summed E-state index contributed by atoms with van der Waals surface area (Å²) >= 11 is 7.87. The molecule has 0 N–H and O–H groups in total. The second kappa shape index (κ2) is 12.4. The summed E-state index contributed by atoms with van der Waals surface area (Å²) in [6, 6.07) is 16.5. The molecule has 0 saturated carbocycles. The molecule has 3 aromatic rings. The third kappa shape index (κ3) is 6.27. The number of fused-ring (bicyclic) bond motifs is 1. The predicted molar refractivity (Wildman–Crippen MR) is 143 cm³/mol. The second-order valence-corrected chi connectivity index (χ2v) is 10.2. The van der Waals surface area contributed by atoms with Crippen LogP contribution in [-0.4, -0.2) is 61.6 Å². The molecule has 2 heterocycles. The molecule has 2 amide bonds. The average Bonchev–Trinajstić information content (AvgIpc) is 3.38. The number of carbonyl (C=O) groups excluding carboxylic acids is 2. The largest absolute Gasteiger partial charge is 0.491 e. The Morgan fingerprint density at radius 3 is 2.72 bits per heavy atom. The molecule has 1 aromatic heterocycles. The molecule has 36 heavy (non-hydrogen) atoms. The summed E-state index contributed by atoms with van der Waals surface area (Å²) in [5, 5.41) is 2.75. The number of benzene rings is 2. The van der Waals surface area contributed by atoms with Crippen molar-refractivity contribution in [3.05, 3.63) is 86.6 Å². The lowest BCUT2D eigenvalue weighted by Crippen LogP contribution is -2.48. The number of halogens is 1. The van der Waals surface area contributed by atoms with E-state index >= 15 is 0 Å².